The summed E-state index contributed by atoms with van der Waals surface area (Å²) < 4.78 is 5.62. The highest BCUT2D eigenvalue weighted by Crippen LogP contribution is 2.53. The SMILES string of the molecule is CCC(C)C.[CH2]CCCOc1ccc(C2(C)CC2C)cc1. The maximum atomic E-state index is 5.62. The predicted molar refractivity (Wildman–Crippen MR) is 92.8 cm³/mol. The average molecular weight is 289 g/mol. The molecule has 0 heterocycles. The Morgan fingerprint density at radius 1 is 1.29 bits per heavy atom. The molecular weight excluding hydrogens is 256 g/mol. The third-order valence-corrected chi connectivity index (χ3v) is 4.65. The highest BCUT2D eigenvalue weighted by atomic mass is 16.5. The fourth-order valence-electron chi connectivity index (χ4n) is 2.20. The van der Waals surface area contributed by atoms with Gasteiger partial charge in [-0.3, -0.25) is 0 Å². The summed E-state index contributed by atoms with van der Waals surface area (Å²) in [6.45, 7) is 15.9. The van der Waals surface area contributed by atoms with E-state index in [0.29, 0.717) is 5.41 Å². The molecule has 1 fully saturated rings. The fraction of sp³-hybridized carbons (Fsp3) is 0.650. The molecule has 1 nitrogen and oxygen atoms in total. The Morgan fingerprint density at radius 2 is 1.81 bits per heavy atom. The zero-order chi connectivity index (χ0) is 15.9. The Balaban J connectivity index is 0.000000383. The summed E-state index contributed by atoms with van der Waals surface area (Å²) in [4.78, 5) is 0. The molecule has 0 aromatic heterocycles. The fourth-order valence-corrected chi connectivity index (χ4v) is 2.20. The number of hydrogen-bond acceptors (Lipinski definition) is 1. The Morgan fingerprint density at radius 3 is 2.19 bits per heavy atom. The molecule has 1 aliphatic rings. The Kier molecular flexibility index (Phi) is 7.28. The maximum absolute atomic E-state index is 5.62. The lowest BCUT2D eigenvalue weighted by molar-refractivity contribution is 0.312. The standard InChI is InChI=1S/C15H21O.C5H12/c1-4-5-10-16-14-8-6-13(7-9-14)15(3)11-12(15)2;1-4-5(2)3/h6-9,12H,1,4-5,10-11H2,2-3H3;5H,4H2,1-3H3. The largest absolute Gasteiger partial charge is 0.494 e. The summed E-state index contributed by atoms with van der Waals surface area (Å²) in [5, 5.41) is 0. The van der Waals surface area contributed by atoms with Crippen LogP contribution in [0, 0.1) is 18.8 Å². The van der Waals surface area contributed by atoms with Crippen LogP contribution in [0.4, 0.5) is 0 Å². The van der Waals surface area contributed by atoms with Crippen LogP contribution in [0.5, 0.6) is 5.75 Å². The lowest BCUT2D eigenvalue weighted by atomic mass is 9.96. The van der Waals surface area contributed by atoms with Crippen molar-refractivity contribution in [2.24, 2.45) is 11.8 Å². The zero-order valence-corrected chi connectivity index (χ0v) is 14.6. The molecule has 0 bridgehead atoms. The van der Waals surface area contributed by atoms with Gasteiger partial charge in [0.2, 0.25) is 0 Å². The zero-order valence-electron chi connectivity index (χ0n) is 14.6. The first kappa shape index (κ1) is 18.1. The summed E-state index contributed by atoms with van der Waals surface area (Å²) in [5.74, 6) is 2.69. The van der Waals surface area contributed by atoms with Crippen molar-refractivity contribution < 1.29 is 4.74 Å². The van der Waals surface area contributed by atoms with Gasteiger partial charge in [0.1, 0.15) is 5.75 Å². The summed E-state index contributed by atoms with van der Waals surface area (Å²) in [5.41, 5.74) is 1.87. The minimum absolute atomic E-state index is 0.422. The summed E-state index contributed by atoms with van der Waals surface area (Å²) in [6.07, 6.45) is 4.58. The summed E-state index contributed by atoms with van der Waals surface area (Å²) in [6, 6.07) is 8.61. The van der Waals surface area contributed by atoms with Crippen LogP contribution in [-0.4, -0.2) is 6.61 Å². The van der Waals surface area contributed by atoms with Crippen molar-refractivity contribution in [1.82, 2.24) is 0 Å². The molecule has 0 saturated heterocycles. The summed E-state index contributed by atoms with van der Waals surface area (Å²) in [7, 11) is 0. The Labute approximate surface area is 132 Å². The molecule has 1 saturated carbocycles. The van der Waals surface area contributed by atoms with E-state index in [0.717, 1.165) is 37.0 Å². The first-order valence-electron chi connectivity index (χ1n) is 8.46. The molecule has 21 heavy (non-hydrogen) atoms. The molecule has 0 N–H and O–H groups in total. The highest BCUT2D eigenvalue weighted by molar-refractivity contribution is 5.36. The predicted octanol–water partition coefficient (Wildman–Crippen LogP) is 6.03. The third kappa shape index (κ3) is 5.73. The Hall–Kier alpha value is -0.980. The molecular formula is C20H33O. The minimum Gasteiger partial charge on any atom is -0.494 e. The second-order valence-electron chi connectivity index (χ2n) is 6.90. The van der Waals surface area contributed by atoms with E-state index in [-0.39, 0.29) is 0 Å². The van der Waals surface area contributed by atoms with Gasteiger partial charge in [-0.15, -0.1) is 0 Å². The monoisotopic (exact) mass is 289 g/mol. The number of ether oxygens (including phenoxy) is 1. The van der Waals surface area contributed by atoms with E-state index < -0.39 is 0 Å². The van der Waals surface area contributed by atoms with Crippen LogP contribution in [0.3, 0.4) is 0 Å². The van der Waals surface area contributed by atoms with E-state index in [1.165, 1.54) is 18.4 Å². The van der Waals surface area contributed by atoms with Crippen LogP contribution >= 0.6 is 0 Å². The van der Waals surface area contributed by atoms with Crippen molar-refractivity contribution in [1.29, 1.82) is 0 Å². The van der Waals surface area contributed by atoms with E-state index >= 15 is 0 Å². The van der Waals surface area contributed by atoms with Gasteiger partial charge in [-0.05, 0) is 47.8 Å². The second-order valence-corrected chi connectivity index (χ2v) is 6.90. The quantitative estimate of drug-likeness (QED) is 0.581. The van der Waals surface area contributed by atoms with Gasteiger partial charge in [0.15, 0.2) is 0 Å². The van der Waals surface area contributed by atoms with Gasteiger partial charge in [-0.1, -0.05) is 66.5 Å². The average Bonchev–Trinajstić information content (AvgIpc) is 3.09. The molecule has 1 heteroatoms. The lowest BCUT2D eigenvalue weighted by Gasteiger charge is -2.11. The first-order valence-corrected chi connectivity index (χ1v) is 8.46. The van der Waals surface area contributed by atoms with E-state index in [1.54, 1.807) is 0 Å². The number of unbranched alkanes of at least 4 members (excludes halogenated alkanes) is 1. The van der Waals surface area contributed by atoms with Crippen LogP contribution < -0.4 is 4.74 Å². The van der Waals surface area contributed by atoms with E-state index in [9.17, 15) is 0 Å². The van der Waals surface area contributed by atoms with Gasteiger partial charge in [-0.25, -0.2) is 0 Å². The van der Waals surface area contributed by atoms with E-state index in [1.807, 2.05) is 0 Å². The number of rotatable bonds is 6. The minimum atomic E-state index is 0.422. The van der Waals surface area contributed by atoms with Gasteiger partial charge in [0.05, 0.1) is 6.61 Å². The number of hydrogen-bond donors (Lipinski definition) is 0. The smallest absolute Gasteiger partial charge is 0.119 e. The molecule has 0 amide bonds. The third-order valence-electron chi connectivity index (χ3n) is 4.65. The van der Waals surface area contributed by atoms with Crippen molar-refractivity contribution in [3.05, 3.63) is 36.8 Å². The van der Waals surface area contributed by atoms with Crippen molar-refractivity contribution in [3.63, 3.8) is 0 Å². The van der Waals surface area contributed by atoms with Crippen molar-refractivity contribution in [2.75, 3.05) is 6.61 Å². The van der Waals surface area contributed by atoms with E-state index in [2.05, 4.69) is 65.8 Å². The molecule has 1 aliphatic carbocycles. The molecule has 1 aromatic carbocycles. The molecule has 2 unspecified atom stereocenters. The molecule has 0 aliphatic heterocycles. The van der Waals surface area contributed by atoms with Gasteiger partial charge in [0.25, 0.3) is 0 Å². The normalized spacial score (nSPS) is 23.5. The molecule has 0 spiro atoms. The van der Waals surface area contributed by atoms with Crippen LogP contribution in [0.25, 0.3) is 0 Å². The topological polar surface area (TPSA) is 9.23 Å². The van der Waals surface area contributed by atoms with Gasteiger partial charge in [0, 0.05) is 0 Å². The van der Waals surface area contributed by atoms with Gasteiger partial charge in [-0.2, -0.15) is 0 Å². The maximum Gasteiger partial charge on any atom is 0.119 e. The molecule has 2 rings (SSSR count). The highest BCUT2D eigenvalue weighted by Gasteiger charge is 2.47. The van der Waals surface area contributed by atoms with Crippen LogP contribution in [0.2, 0.25) is 0 Å². The van der Waals surface area contributed by atoms with Crippen molar-refractivity contribution in [3.8, 4) is 5.75 Å². The van der Waals surface area contributed by atoms with Crippen molar-refractivity contribution >= 4 is 0 Å². The lowest BCUT2D eigenvalue weighted by Crippen LogP contribution is -2.03. The second kappa shape index (κ2) is 8.46. The summed E-state index contributed by atoms with van der Waals surface area (Å²) >= 11 is 0. The Bertz CT molecular complexity index is 393. The van der Waals surface area contributed by atoms with Crippen molar-refractivity contribution in [2.45, 2.75) is 65.7 Å². The first-order chi connectivity index (χ1) is 9.93. The molecule has 1 aromatic rings. The number of benzene rings is 1. The van der Waals surface area contributed by atoms with Crippen LogP contribution in [0.15, 0.2) is 24.3 Å². The van der Waals surface area contributed by atoms with Gasteiger partial charge >= 0.3 is 0 Å². The van der Waals surface area contributed by atoms with Gasteiger partial charge < -0.3 is 4.74 Å². The molecule has 1 radical (unpaired) electrons. The van der Waals surface area contributed by atoms with Crippen LogP contribution in [0.1, 0.15) is 65.9 Å². The molecule has 119 valence electrons. The van der Waals surface area contributed by atoms with Crippen LogP contribution in [-0.2, 0) is 5.41 Å². The molecule has 2 atom stereocenters. The van der Waals surface area contributed by atoms with E-state index in [4.69, 9.17) is 4.74 Å².